The molecule has 1 saturated heterocycles. The molecule has 5 nitrogen and oxygen atoms in total. The fraction of sp³-hybridized carbons (Fsp3) is 0.429. The maximum atomic E-state index is 12.8. The van der Waals surface area contributed by atoms with E-state index in [1.54, 1.807) is 6.20 Å². The van der Waals surface area contributed by atoms with Gasteiger partial charge in [0.1, 0.15) is 11.5 Å². The molecule has 1 aromatic carbocycles. The first-order valence-electron chi connectivity index (χ1n) is 9.83. The number of nitrogens with zero attached hydrogens (tertiary/aromatic N) is 2. The van der Waals surface area contributed by atoms with Gasteiger partial charge in [0.15, 0.2) is 5.78 Å². The summed E-state index contributed by atoms with van der Waals surface area (Å²) in [5.41, 5.74) is 2.07. The zero-order valence-electron chi connectivity index (χ0n) is 16.1. The molecule has 3 heterocycles. The normalized spacial score (nSPS) is 16.6. The van der Waals surface area contributed by atoms with E-state index >= 15 is 0 Å². The minimum atomic E-state index is -4.41. The Morgan fingerprint density at radius 3 is 2.69 bits per heavy atom. The average molecular weight is 404 g/mol. The van der Waals surface area contributed by atoms with Gasteiger partial charge in [0, 0.05) is 28.6 Å². The zero-order chi connectivity index (χ0) is 20.6. The van der Waals surface area contributed by atoms with Gasteiger partial charge in [-0.1, -0.05) is 25.1 Å². The summed E-state index contributed by atoms with van der Waals surface area (Å²) in [6.45, 7) is 3.70. The third kappa shape index (κ3) is 3.94. The van der Waals surface area contributed by atoms with E-state index < -0.39 is 11.9 Å². The Bertz CT molecular complexity index is 1010. The third-order valence-electron chi connectivity index (χ3n) is 5.73. The van der Waals surface area contributed by atoms with Gasteiger partial charge in [0.05, 0.1) is 12.7 Å². The number of H-pyrrole nitrogens is 2. The summed E-state index contributed by atoms with van der Waals surface area (Å²) in [5.74, 6) is 0.394. The van der Waals surface area contributed by atoms with Crippen LogP contribution in [0.4, 0.5) is 13.2 Å². The number of benzene rings is 1. The number of rotatable bonds is 5. The summed E-state index contributed by atoms with van der Waals surface area (Å²) in [5, 5.41) is 0.944. The third-order valence-corrected chi connectivity index (χ3v) is 5.73. The van der Waals surface area contributed by atoms with Crippen LogP contribution in [-0.2, 0) is 12.6 Å². The fourth-order valence-corrected chi connectivity index (χ4v) is 4.08. The maximum absolute atomic E-state index is 12.8. The van der Waals surface area contributed by atoms with Crippen molar-refractivity contribution in [3.8, 4) is 0 Å². The minimum Gasteiger partial charge on any atom is -0.360 e. The topological polar surface area (TPSA) is 64.8 Å². The van der Waals surface area contributed by atoms with Crippen molar-refractivity contribution in [1.29, 1.82) is 0 Å². The molecule has 0 bridgehead atoms. The van der Waals surface area contributed by atoms with Crippen molar-refractivity contribution in [1.82, 2.24) is 19.9 Å². The van der Waals surface area contributed by atoms with E-state index in [2.05, 4.69) is 32.8 Å². The second-order valence-corrected chi connectivity index (χ2v) is 7.55. The van der Waals surface area contributed by atoms with Crippen LogP contribution in [0.5, 0.6) is 0 Å². The summed E-state index contributed by atoms with van der Waals surface area (Å²) in [4.78, 5) is 24.5. The first-order valence-corrected chi connectivity index (χ1v) is 9.83. The number of aromatic amines is 2. The molecule has 0 spiro atoms. The van der Waals surface area contributed by atoms with Crippen LogP contribution in [-0.4, -0.2) is 45.3 Å². The van der Waals surface area contributed by atoms with Gasteiger partial charge < -0.3 is 9.97 Å². The van der Waals surface area contributed by atoms with E-state index in [4.69, 9.17) is 0 Å². The molecule has 0 saturated carbocycles. The average Bonchev–Trinajstić information content (AvgIpc) is 3.35. The Labute approximate surface area is 166 Å². The monoisotopic (exact) mass is 404 g/mol. The molecule has 1 aliphatic rings. The Morgan fingerprint density at radius 2 is 2.03 bits per heavy atom. The van der Waals surface area contributed by atoms with Gasteiger partial charge in [0.2, 0.25) is 0 Å². The second-order valence-electron chi connectivity index (χ2n) is 7.55. The summed E-state index contributed by atoms with van der Waals surface area (Å²) < 4.78 is 38.2. The molecule has 0 amide bonds. The SMILES string of the molecule is CCc1cccc2c(C(=O)CN3CCC(c4ncc(C(F)(F)F)[nH]4)CC3)c[nH]c12. The number of hydrogen-bond donors (Lipinski definition) is 2. The number of carbonyl (C=O) groups excluding carboxylic acids is 1. The molecule has 0 unspecified atom stereocenters. The number of aryl methyl sites for hydroxylation is 1. The summed E-state index contributed by atoms with van der Waals surface area (Å²) in [7, 11) is 0. The van der Waals surface area contributed by atoms with Crippen LogP contribution >= 0.6 is 0 Å². The van der Waals surface area contributed by atoms with E-state index in [0.29, 0.717) is 43.9 Å². The quantitative estimate of drug-likeness (QED) is 0.614. The molecule has 8 heteroatoms. The van der Waals surface area contributed by atoms with E-state index in [9.17, 15) is 18.0 Å². The lowest BCUT2D eigenvalue weighted by Crippen LogP contribution is -2.37. The molecule has 0 aliphatic carbocycles. The second kappa shape index (κ2) is 7.67. The van der Waals surface area contributed by atoms with Gasteiger partial charge >= 0.3 is 6.18 Å². The van der Waals surface area contributed by atoms with E-state index in [0.717, 1.165) is 23.5 Å². The molecular weight excluding hydrogens is 381 g/mol. The predicted molar refractivity (Wildman–Crippen MR) is 104 cm³/mol. The molecule has 2 N–H and O–H groups in total. The molecule has 154 valence electrons. The maximum Gasteiger partial charge on any atom is 0.432 e. The van der Waals surface area contributed by atoms with Crippen molar-refractivity contribution in [2.45, 2.75) is 38.3 Å². The molecule has 0 atom stereocenters. The highest BCUT2D eigenvalue weighted by molar-refractivity contribution is 6.09. The fourth-order valence-electron chi connectivity index (χ4n) is 4.08. The number of halogens is 3. The molecule has 29 heavy (non-hydrogen) atoms. The summed E-state index contributed by atoms with van der Waals surface area (Å²) in [6, 6.07) is 5.98. The van der Waals surface area contributed by atoms with Crippen molar-refractivity contribution in [2.75, 3.05) is 19.6 Å². The number of fused-ring (bicyclic) bond motifs is 1. The van der Waals surface area contributed by atoms with Crippen LogP contribution in [0.1, 0.15) is 53.1 Å². The van der Waals surface area contributed by atoms with Crippen LogP contribution in [0.15, 0.2) is 30.6 Å². The van der Waals surface area contributed by atoms with Gasteiger partial charge in [-0.05, 0) is 37.9 Å². The number of aromatic nitrogens is 3. The van der Waals surface area contributed by atoms with Crippen molar-refractivity contribution >= 4 is 16.7 Å². The smallest absolute Gasteiger partial charge is 0.360 e. The Hall–Kier alpha value is -2.61. The highest BCUT2D eigenvalue weighted by Gasteiger charge is 2.34. The zero-order valence-corrected chi connectivity index (χ0v) is 16.1. The van der Waals surface area contributed by atoms with Crippen LogP contribution in [0.2, 0.25) is 0 Å². The van der Waals surface area contributed by atoms with Crippen molar-refractivity contribution in [2.24, 2.45) is 0 Å². The molecular formula is C21H23F3N4O. The summed E-state index contributed by atoms with van der Waals surface area (Å²) >= 11 is 0. The lowest BCUT2D eigenvalue weighted by Gasteiger charge is -2.30. The van der Waals surface area contributed by atoms with Crippen LogP contribution in [0.3, 0.4) is 0 Å². The van der Waals surface area contributed by atoms with Gasteiger partial charge in [-0.15, -0.1) is 0 Å². The molecule has 1 aliphatic heterocycles. The van der Waals surface area contributed by atoms with Gasteiger partial charge in [-0.25, -0.2) is 4.98 Å². The molecule has 4 rings (SSSR count). The number of ketones is 1. The molecule has 2 aromatic heterocycles. The van der Waals surface area contributed by atoms with E-state index in [1.807, 2.05) is 12.1 Å². The number of para-hydroxylation sites is 1. The van der Waals surface area contributed by atoms with E-state index in [1.165, 1.54) is 5.56 Å². The lowest BCUT2D eigenvalue weighted by atomic mass is 9.95. The lowest BCUT2D eigenvalue weighted by molar-refractivity contribution is -0.141. The van der Waals surface area contributed by atoms with Gasteiger partial charge in [-0.2, -0.15) is 13.2 Å². The standard InChI is InChI=1S/C21H23F3N4O/c1-2-13-4-3-5-15-16(10-25-19(13)15)17(29)12-28-8-6-14(7-9-28)20-26-11-18(27-20)21(22,23)24/h3-5,10-11,14,25H,2,6-9,12H2,1H3,(H,26,27). The number of hydrogen-bond acceptors (Lipinski definition) is 3. The number of likely N-dealkylation sites (tertiary alicyclic amines) is 1. The first-order chi connectivity index (χ1) is 13.9. The highest BCUT2D eigenvalue weighted by atomic mass is 19.4. The number of piperidine rings is 1. The minimum absolute atomic E-state index is 0.0438. The largest absolute Gasteiger partial charge is 0.432 e. The van der Waals surface area contributed by atoms with Crippen molar-refractivity contribution in [3.05, 3.63) is 53.2 Å². The number of carbonyl (C=O) groups is 1. The number of imidazole rings is 1. The Morgan fingerprint density at radius 1 is 1.28 bits per heavy atom. The van der Waals surface area contributed by atoms with Crippen LogP contribution in [0, 0.1) is 0 Å². The van der Waals surface area contributed by atoms with Crippen molar-refractivity contribution < 1.29 is 18.0 Å². The van der Waals surface area contributed by atoms with Crippen molar-refractivity contribution in [3.63, 3.8) is 0 Å². The van der Waals surface area contributed by atoms with E-state index in [-0.39, 0.29) is 11.7 Å². The van der Waals surface area contributed by atoms with Crippen LogP contribution < -0.4 is 0 Å². The summed E-state index contributed by atoms with van der Waals surface area (Å²) in [6.07, 6.45) is 0.461. The predicted octanol–water partition coefficient (Wildman–Crippen LogP) is 4.53. The Balaban J connectivity index is 1.39. The number of nitrogens with one attached hydrogen (secondary N) is 2. The molecule has 3 aromatic rings. The number of alkyl halides is 3. The number of Topliss-reactive ketones (excluding diaryl/α,β-unsaturated/α-hetero) is 1. The Kier molecular flexibility index (Phi) is 5.21. The van der Waals surface area contributed by atoms with Gasteiger partial charge in [0.25, 0.3) is 0 Å². The highest BCUT2D eigenvalue weighted by Crippen LogP contribution is 2.31. The van der Waals surface area contributed by atoms with Crippen LogP contribution in [0.25, 0.3) is 10.9 Å². The van der Waals surface area contributed by atoms with Gasteiger partial charge in [-0.3, -0.25) is 9.69 Å². The first kappa shape index (κ1) is 19.7. The molecule has 1 fully saturated rings. The molecule has 0 radical (unpaired) electrons.